The van der Waals surface area contributed by atoms with E-state index in [1.165, 1.54) is 0 Å². The van der Waals surface area contributed by atoms with Crippen LogP contribution in [0.3, 0.4) is 0 Å². The summed E-state index contributed by atoms with van der Waals surface area (Å²) in [6.07, 6.45) is 0.868. The first-order chi connectivity index (χ1) is 8.90. The van der Waals surface area contributed by atoms with E-state index in [0.29, 0.717) is 29.4 Å². The van der Waals surface area contributed by atoms with Crippen LogP contribution >= 0.6 is 15.9 Å². The van der Waals surface area contributed by atoms with E-state index in [1.54, 1.807) is 4.90 Å². The van der Waals surface area contributed by atoms with E-state index in [9.17, 15) is 13.6 Å². The van der Waals surface area contributed by atoms with Crippen LogP contribution in [0.2, 0.25) is 0 Å². The van der Waals surface area contributed by atoms with E-state index in [1.807, 2.05) is 0 Å². The number of benzene rings is 1. The summed E-state index contributed by atoms with van der Waals surface area (Å²) in [5.41, 5.74) is -0.454. The first kappa shape index (κ1) is 14.4. The molecular formula is C14H16BrF2NO. The molecule has 2 rings (SSSR count). The fraction of sp³-hybridized carbons (Fsp3) is 0.500. The van der Waals surface area contributed by atoms with Crippen molar-refractivity contribution in [3.8, 4) is 0 Å². The fourth-order valence-corrected chi connectivity index (χ4v) is 2.75. The van der Waals surface area contributed by atoms with Gasteiger partial charge in [0.2, 0.25) is 0 Å². The van der Waals surface area contributed by atoms with Crippen LogP contribution in [0.15, 0.2) is 16.6 Å². The molecule has 0 aliphatic carbocycles. The van der Waals surface area contributed by atoms with Gasteiger partial charge in [-0.15, -0.1) is 0 Å². The zero-order valence-corrected chi connectivity index (χ0v) is 12.5. The van der Waals surface area contributed by atoms with Crippen molar-refractivity contribution in [2.45, 2.75) is 20.3 Å². The van der Waals surface area contributed by atoms with E-state index >= 15 is 0 Å². The molecule has 104 valence electrons. The zero-order chi connectivity index (χ0) is 14.2. The van der Waals surface area contributed by atoms with Gasteiger partial charge in [0.05, 0.1) is 0 Å². The molecule has 19 heavy (non-hydrogen) atoms. The third-order valence-electron chi connectivity index (χ3n) is 3.84. The fourth-order valence-electron chi connectivity index (χ4n) is 2.35. The predicted molar refractivity (Wildman–Crippen MR) is 72.9 cm³/mol. The maximum atomic E-state index is 13.8. The highest BCUT2D eigenvalue weighted by atomic mass is 79.9. The first-order valence-corrected chi connectivity index (χ1v) is 7.13. The number of carbonyl (C=O) groups is 1. The summed E-state index contributed by atoms with van der Waals surface area (Å²) in [6, 6.07) is 2.23. The number of nitrogens with zero attached hydrogens (tertiary/aromatic N) is 1. The number of piperidine rings is 1. The Labute approximate surface area is 119 Å². The molecule has 0 saturated carbocycles. The molecule has 1 aliphatic heterocycles. The molecule has 2 unspecified atom stereocenters. The Morgan fingerprint density at radius 1 is 1.26 bits per heavy atom. The van der Waals surface area contributed by atoms with E-state index in [2.05, 4.69) is 29.8 Å². The molecular weight excluding hydrogens is 316 g/mol. The normalized spacial score (nSPS) is 23.5. The third kappa shape index (κ3) is 2.96. The van der Waals surface area contributed by atoms with Gasteiger partial charge in [0.25, 0.3) is 5.91 Å². The molecule has 0 N–H and O–H groups in total. The summed E-state index contributed by atoms with van der Waals surface area (Å²) in [7, 11) is 0. The molecule has 2 atom stereocenters. The van der Waals surface area contributed by atoms with Gasteiger partial charge in [-0.3, -0.25) is 4.79 Å². The lowest BCUT2D eigenvalue weighted by Gasteiger charge is -2.35. The number of likely N-dealkylation sites (tertiary alicyclic amines) is 1. The van der Waals surface area contributed by atoms with Gasteiger partial charge >= 0.3 is 0 Å². The van der Waals surface area contributed by atoms with Gasteiger partial charge < -0.3 is 4.90 Å². The molecule has 1 fully saturated rings. The minimum Gasteiger partial charge on any atom is -0.338 e. The van der Waals surface area contributed by atoms with Crippen LogP contribution in [0.25, 0.3) is 0 Å². The summed E-state index contributed by atoms with van der Waals surface area (Å²) < 4.78 is 27.8. The Hall–Kier alpha value is -0.970. The van der Waals surface area contributed by atoms with Crippen LogP contribution in [-0.4, -0.2) is 23.9 Å². The second-order valence-corrected chi connectivity index (χ2v) is 6.15. The molecule has 1 amide bonds. The molecule has 1 aliphatic rings. The molecule has 0 aromatic heterocycles. The van der Waals surface area contributed by atoms with E-state index in [-0.39, 0.29) is 0 Å². The Kier molecular flexibility index (Phi) is 4.23. The quantitative estimate of drug-likeness (QED) is 0.765. The summed E-state index contributed by atoms with van der Waals surface area (Å²) in [5.74, 6) is -1.31. The Balaban J connectivity index is 2.25. The number of amides is 1. The zero-order valence-electron chi connectivity index (χ0n) is 10.9. The van der Waals surface area contributed by atoms with Gasteiger partial charge in [-0.05, 0) is 30.4 Å². The van der Waals surface area contributed by atoms with Crippen molar-refractivity contribution in [3.63, 3.8) is 0 Å². The maximum Gasteiger partial charge on any atom is 0.259 e. The molecule has 0 spiro atoms. The average Bonchev–Trinajstić information content (AvgIpc) is 2.31. The van der Waals surface area contributed by atoms with Crippen molar-refractivity contribution in [1.29, 1.82) is 0 Å². The second kappa shape index (κ2) is 5.57. The Bertz CT molecular complexity index is 483. The Morgan fingerprint density at radius 2 is 1.84 bits per heavy atom. The molecule has 0 radical (unpaired) electrons. The third-order valence-corrected chi connectivity index (χ3v) is 4.30. The lowest BCUT2D eigenvalue weighted by Crippen LogP contribution is -2.42. The van der Waals surface area contributed by atoms with E-state index in [0.717, 1.165) is 18.6 Å². The lowest BCUT2D eigenvalue weighted by molar-refractivity contribution is 0.0617. The highest BCUT2D eigenvalue weighted by Crippen LogP contribution is 2.26. The van der Waals surface area contributed by atoms with Gasteiger partial charge in [0, 0.05) is 17.6 Å². The molecule has 0 bridgehead atoms. The lowest BCUT2D eigenvalue weighted by atomic mass is 9.88. The SMILES string of the molecule is CC1CCN(C(=O)c2c(F)cc(Br)cc2F)CC1C. The molecule has 2 nitrogen and oxygen atoms in total. The summed E-state index contributed by atoms with van der Waals surface area (Å²) >= 11 is 3.00. The monoisotopic (exact) mass is 331 g/mol. The number of halogens is 3. The van der Waals surface area contributed by atoms with E-state index in [4.69, 9.17) is 0 Å². The molecule has 1 aromatic rings. The summed E-state index contributed by atoms with van der Waals surface area (Å²) in [4.78, 5) is 13.8. The number of hydrogen-bond donors (Lipinski definition) is 0. The van der Waals surface area contributed by atoms with Gasteiger partial charge in [-0.25, -0.2) is 8.78 Å². The predicted octanol–water partition coefficient (Wildman–Crippen LogP) is 3.85. The van der Waals surface area contributed by atoms with Crippen LogP contribution in [-0.2, 0) is 0 Å². The number of carbonyl (C=O) groups excluding carboxylic acids is 1. The molecule has 5 heteroatoms. The first-order valence-electron chi connectivity index (χ1n) is 6.34. The summed E-state index contributed by atoms with van der Waals surface area (Å²) in [6.45, 7) is 5.29. The molecule has 1 saturated heterocycles. The van der Waals surface area contributed by atoms with Crippen LogP contribution in [0.1, 0.15) is 30.6 Å². The standard InChI is InChI=1S/C14H16BrF2NO/c1-8-3-4-18(7-9(8)2)14(19)13-11(16)5-10(15)6-12(13)17/h5-6,8-9H,3-4,7H2,1-2H3. The van der Waals surface area contributed by atoms with Gasteiger partial charge in [0.1, 0.15) is 17.2 Å². The van der Waals surface area contributed by atoms with Crippen LogP contribution in [0.5, 0.6) is 0 Å². The topological polar surface area (TPSA) is 20.3 Å². The van der Waals surface area contributed by atoms with E-state index < -0.39 is 23.1 Å². The summed E-state index contributed by atoms with van der Waals surface area (Å²) in [5, 5.41) is 0. The van der Waals surface area contributed by atoms with Crippen LogP contribution < -0.4 is 0 Å². The van der Waals surface area contributed by atoms with Crippen molar-refractivity contribution >= 4 is 21.8 Å². The van der Waals surface area contributed by atoms with Crippen molar-refractivity contribution in [1.82, 2.24) is 4.90 Å². The minimum absolute atomic E-state index is 0.291. The van der Waals surface area contributed by atoms with Crippen molar-refractivity contribution < 1.29 is 13.6 Å². The van der Waals surface area contributed by atoms with Gasteiger partial charge in [0.15, 0.2) is 0 Å². The van der Waals surface area contributed by atoms with Gasteiger partial charge in [-0.2, -0.15) is 0 Å². The number of hydrogen-bond acceptors (Lipinski definition) is 1. The van der Waals surface area contributed by atoms with Crippen LogP contribution in [0, 0.1) is 23.5 Å². The van der Waals surface area contributed by atoms with Crippen molar-refractivity contribution in [2.75, 3.05) is 13.1 Å². The highest BCUT2D eigenvalue weighted by Gasteiger charge is 2.29. The maximum absolute atomic E-state index is 13.8. The van der Waals surface area contributed by atoms with Gasteiger partial charge in [-0.1, -0.05) is 29.8 Å². The molecule has 1 heterocycles. The minimum atomic E-state index is -0.817. The molecule has 1 aromatic carbocycles. The average molecular weight is 332 g/mol. The van der Waals surface area contributed by atoms with Crippen molar-refractivity contribution in [3.05, 3.63) is 33.8 Å². The van der Waals surface area contributed by atoms with Crippen molar-refractivity contribution in [2.24, 2.45) is 11.8 Å². The largest absolute Gasteiger partial charge is 0.338 e. The smallest absolute Gasteiger partial charge is 0.259 e. The highest BCUT2D eigenvalue weighted by molar-refractivity contribution is 9.10. The van der Waals surface area contributed by atoms with Crippen LogP contribution in [0.4, 0.5) is 8.78 Å². The second-order valence-electron chi connectivity index (χ2n) is 5.24. The Morgan fingerprint density at radius 3 is 2.37 bits per heavy atom. The number of rotatable bonds is 1.